The van der Waals surface area contributed by atoms with Crippen molar-refractivity contribution in [3.63, 3.8) is 0 Å². The van der Waals surface area contributed by atoms with Crippen LogP contribution in [0.25, 0.3) is 0 Å². The minimum Gasteiger partial charge on any atom is -0.444 e. The molecule has 0 radical (unpaired) electrons. The van der Waals surface area contributed by atoms with Gasteiger partial charge < -0.3 is 9.64 Å². The van der Waals surface area contributed by atoms with E-state index in [0.717, 1.165) is 0 Å². The maximum absolute atomic E-state index is 12.5. The van der Waals surface area contributed by atoms with Crippen LogP contribution in [-0.4, -0.2) is 52.0 Å². The highest BCUT2D eigenvalue weighted by atomic mass is 16.6. The van der Waals surface area contributed by atoms with Gasteiger partial charge in [-0.25, -0.2) is 9.80 Å². The minimum atomic E-state index is -0.719. The van der Waals surface area contributed by atoms with E-state index < -0.39 is 17.2 Å². The number of likely N-dealkylation sites (tertiary alicyclic amines) is 1. The number of carbonyl (C=O) groups is 3. The van der Waals surface area contributed by atoms with Gasteiger partial charge in [0.05, 0.1) is 12.0 Å². The van der Waals surface area contributed by atoms with E-state index >= 15 is 0 Å². The molecule has 25 heavy (non-hydrogen) atoms. The molecule has 0 aliphatic carbocycles. The van der Waals surface area contributed by atoms with E-state index in [1.165, 1.54) is 11.1 Å². The molecule has 1 N–H and O–H groups in total. The Morgan fingerprint density at radius 3 is 2.64 bits per heavy atom. The summed E-state index contributed by atoms with van der Waals surface area (Å²) in [4.78, 5) is 38.5. The predicted octanol–water partition coefficient (Wildman–Crippen LogP) is 2.15. The van der Waals surface area contributed by atoms with E-state index in [2.05, 4.69) is 5.43 Å². The van der Waals surface area contributed by atoms with Gasteiger partial charge in [0.2, 0.25) is 5.91 Å². The van der Waals surface area contributed by atoms with Gasteiger partial charge in [-0.2, -0.15) is 0 Å². The monoisotopic (exact) mass is 349 g/mol. The highest BCUT2D eigenvalue weighted by Crippen LogP contribution is 2.34. The van der Waals surface area contributed by atoms with Crippen molar-refractivity contribution < 1.29 is 19.1 Å². The van der Waals surface area contributed by atoms with E-state index in [0.29, 0.717) is 19.4 Å². The second-order valence-electron chi connectivity index (χ2n) is 7.50. The van der Waals surface area contributed by atoms with Crippen molar-refractivity contribution in [1.29, 1.82) is 0 Å². The quantitative estimate of drug-likeness (QED) is 0.612. The molecule has 0 bridgehead atoms. The second kappa shape index (κ2) is 7.29. The SMILES string of the molecule is CC=CC=CC(=O)N1NC(=O)CC12CCCN(C(=O)OC(C)(C)C)C2. The largest absolute Gasteiger partial charge is 0.444 e. The van der Waals surface area contributed by atoms with E-state index in [1.54, 1.807) is 17.1 Å². The zero-order chi connectivity index (χ0) is 18.7. The fourth-order valence-corrected chi connectivity index (χ4v) is 3.19. The Balaban J connectivity index is 2.17. The molecule has 0 aromatic carbocycles. The molecule has 2 heterocycles. The number of nitrogens with one attached hydrogen (secondary N) is 1. The van der Waals surface area contributed by atoms with Crippen molar-refractivity contribution in [1.82, 2.24) is 15.3 Å². The molecule has 1 atom stereocenters. The number of allylic oxidation sites excluding steroid dienone is 3. The Kier molecular flexibility index (Phi) is 5.55. The lowest BCUT2D eigenvalue weighted by atomic mass is 9.86. The van der Waals surface area contributed by atoms with Gasteiger partial charge in [-0.3, -0.25) is 15.0 Å². The van der Waals surface area contributed by atoms with E-state index in [4.69, 9.17) is 4.74 Å². The fraction of sp³-hybridized carbons (Fsp3) is 0.611. The van der Waals surface area contributed by atoms with E-state index in [9.17, 15) is 14.4 Å². The Morgan fingerprint density at radius 1 is 1.28 bits per heavy atom. The van der Waals surface area contributed by atoms with Gasteiger partial charge in [0.1, 0.15) is 5.60 Å². The summed E-state index contributed by atoms with van der Waals surface area (Å²) in [5, 5.41) is 1.38. The molecular weight excluding hydrogens is 322 g/mol. The topological polar surface area (TPSA) is 79.0 Å². The number of rotatable bonds is 2. The van der Waals surface area contributed by atoms with Crippen molar-refractivity contribution in [3.8, 4) is 0 Å². The lowest BCUT2D eigenvalue weighted by Gasteiger charge is -2.43. The minimum absolute atomic E-state index is 0.190. The maximum atomic E-state index is 12.5. The number of ether oxygens (including phenoxy) is 1. The van der Waals surface area contributed by atoms with Crippen LogP contribution in [0.2, 0.25) is 0 Å². The fourth-order valence-electron chi connectivity index (χ4n) is 3.19. The van der Waals surface area contributed by atoms with Crippen molar-refractivity contribution in [2.75, 3.05) is 13.1 Å². The first-order valence-electron chi connectivity index (χ1n) is 8.58. The van der Waals surface area contributed by atoms with Crippen LogP contribution in [-0.2, 0) is 14.3 Å². The zero-order valence-electron chi connectivity index (χ0n) is 15.4. The predicted molar refractivity (Wildman–Crippen MR) is 93.3 cm³/mol. The molecule has 1 spiro atoms. The summed E-state index contributed by atoms with van der Waals surface area (Å²) in [5.41, 5.74) is 1.33. The average molecular weight is 349 g/mol. The van der Waals surface area contributed by atoms with Crippen molar-refractivity contribution >= 4 is 17.9 Å². The Labute approximate surface area is 148 Å². The summed E-state index contributed by atoms with van der Waals surface area (Å²) in [6.07, 6.45) is 7.75. The molecule has 0 aromatic rings. The molecular formula is C18H27N3O4. The second-order valence-corrected chi connectivity index (χ2v) is 7.50. The van der Waals surface area contributed by atoms with Crippen LogP contribution in [0.4, 0.5) is 4.79 Å². The van der Waals surface area contributed by atoms with Crippen molar-refractivity contribution in [2.45, 2.75) is 58.1 Å². The third-order valence-electron chi connectivity index (χ3n) is 4.17. The average Bonchev–Trinajstić information content (AvgIpc) is 2.81. The summed E-state index contributed by atoms with van der Waals surface area (Å²) < 4.78 is 5.44. The molecule has 1 unspecified atom stereocenters. The molecule has 138 valence electrons. The van der Waals surface area contributed by atoms with Crippen molar-refractivity contribution in [3.05, 3.63) is 24.3 Å². The highest BCUT2D eigenvalue weighted by molar-refractivity contribution is 5.93. The van der Waals surface area contributed by atoms with Gasteiger partial charge in [-0.15, -0.1) is 0 Å². The number of hydrazine groups is 1. The Bertz CT molecular complexity index is 606. The first-order chi connectivity index (χ1) is 11.7. The number of nitrogens with zero attached hydrogens (tertiary/aromatic N) is 2. The smallest absolute Gasteiger partial charge is 0.410 e. The summed E-state index contributed by atoms with van der Waals surface area (Å²) in [5.74, 6) is -0.506. The summed E-state index contributed by atoms with van der Waals surface area (Å²) >= 11 is 0. The lowest BCUT2D eigenvalue weighted by molar-refractivity contribution is -0.138. The molecule has 0 aromatic heterocycles. The van der Waals surface area contributed by atoms with Crippen LogP contribution in [0.5, 0.6) is 0 Å². The van der Waals surface area contributed by atoms with Crippen LogP contribution in [0.1, 0.15) is 47.0 Å². The van der Waals surface area contributed by atoms with Crippen LogP contribution in [0.3, 0.4) is 0 Å². The standard InChI is InChI=1S/C18H27N3O4/c1-5-6-7-9-15(23)21-18(12-14(22)19-21)10-8-11-20(13-18)16(24)25-17(2,3)4/h5-7,9H,8,10-13H2,1-4H3,(H,19,22). The van der Waals surface area contributed by atoms with Gasteiger partial charge in [0.25, 0.3) is 5.91 Å². The summed E-state index contributed by atoms with van der Waals surface area (Å²) in [6.45, 7) is 8.13. The van der Waals surface area contributed by atoms with Crippen molar-refractivity contribution in [2.24, 2.45) is 0 Å². The van der Waals surface area contributed by atoms with Crippen LogP contribution in [0, 0.1) is 0 Å². The molecule has 2 saturated heterocycles. The van der Waals surface area contributed by atoms with Gasteiger partial charge >= 0.3 is 6.09 Å². The highest BCUT2D eigenvalue weighted by Gasteiger charge is 2.50. The lowest BCUT2D eigenvalue weighted by Crippen LogP contribution is -2.60. The van der Waals surface area contributed by atoms with Gasteiger partial charge in [0, 0.05) is 19.2 Å². The van der Waals surface area contributed by atoms with Gasteiger partial charge in [-0.05, 0) is 40.5 Å². The number of amides is 3. The maximum Gasteiger partial charge on any atom is 0.410 e. The molecule has 7 heteroatoms. The summed E-state index contributed by atoms with van der Waals surface area (Å²) in [7, 11) is 0. The molecule has 2 fully saturated rings. The molecule has 7 nitrogen and oxygen atoms in total. The Hall–Kier alpha value is -2.31. The van der Waals surface area contributed by atoms with Gasteiger partial charge in [0.15, 0.2) is 0 Å². The normalized spacial score (nSPS) is 24.4. The molecule has 0 saturated carbocycles. The van der Waals surface area contributed by atoms with Gasteiger partial charge in [-0.1, -0.05) is 18.2 Å². The number of hydrogen-bond acceptors (Lipinski definition) is 4. The first kappa shape index (κ1) is 19.0. The van der Waals surface area contributed by atoms with E-state index in [1.807, 2.05) is 33.8 Å². The van der Waals surface area contributed by atoms with E-state index in [-0.39, 0.29) is 24.8 Å². The first-order valence-corrected chi connectivity index (χ1v) is 8.58. The zero-order valence-corrected chi connectivity index (χ0v) is 15.4. The van der Waals surface area contributed by atoms with Crippen LogP contribution in [0.15, 0.2) is 24.3 Å². The third-order valence-corrected chi connectivity index (χ3v) is 4.17. The molecule has 2 rings (SSSR count). The number of carbonyl (C=O) groups excluding carboxylic acids is 3. The van der Waals surface area contributed by atoms with Crippen LogP contribution >= 0.6 is 0 Å². The molecule has 2 aliphatic rings. The molecule has 3 amide bonds. The Morgan fingerprint density at radius 2 is 2.00 bits per heavy atom. The van der Waals surface area contributed by atoms with Crippen LogP contribution < -0.4 is 5.43 Å². The molecule has 2 aliphatic heterocycles. The summed E-state index contributed by atoms with van der Waals surface area (Å²) in [6, 6.07) is 0. The third kappa shape index (κ3) is 4.61. The number of hydrogen-bond donors (Lipinski definition) is 1. The number of piperidine rings is 1.